The van der Waals surface area contributed by atoms with Crippen molar-refractivity contribution >= 4 is 11.7 Å². The third-order valence-electron chi connectivity index (χ3n) is 4.68. The quantitative estimate of drug-likeness (QED) is 0.915. The Labute approximate surface area is 141 Å². The number of hydrogen-bond acceptors (Lipinski definition) is 5. The van der Waals surface area contributed by atoms with Crippen molar-refractivity contribution in [1.82, 2.24) is 15.5 Å². The predicted octanol–water partition coefficient (Wildman–Crippen LogP) is 2.87. The molecule has 1 N–H and O–H groups in total. The van der Waals surface area contributed by atoms with Crippen LogP contribution < -0.4 is 10.2 Å². The minimum absolute atomic E-state index is 0.203. The number of nitrogens with zero attached hydrogens (tertiary/aromatic N) is 3. The van der Waals surface area contributed by atoms with Gasteiger partial charge in [-0.15, -0.1) is 0 Å². The van der Waals surface area contributed by atoms with Crippen LogP contribution in [0.1, 0.15) is 59.8 Å². The van der Waals surface area contributed by atoms with E-state index in [1.165, 1.54) is 19.3 Å². The average Bonchev–Trinajstić information content (AvgIpc) is 3.38. The normalized spacial score (nSPS) is 17.8. The van der Waals surface area contributed by atoms with Crippen molar-refractivity contribution in [3.63, 3.8) is 0 Å². The smallest absolute Gasteiger partial charge is 0.273 e. The second kappa shape index (κ2) is 6.63. The summed E-state index contributed by atoms with van der Waals surface area (Å²) in [4.78, 5) is 19.0. The van der Waals surface area contributed by atoms with Gasteiger partial charge in [-0.2, -0.15) is 0 Å². The fourth-order valence-electron chi connectivity index (χ4n) is 3.06. The van der Waals surface area contributed by atoms with Crippen LogP contribution in [-0.2, 0) is 6.54 Å². The van der Waals surface area contributed by atoms with Gasteiger partial charge < -0.3 is 14.7 Å². The molecule has 0 bridgehead atoms. The van der Waals surface area contributed by atoms with Crippen LogP contribution in [0.2, 0.25) is 0 Å². The molecule has 0 atom stereocenters. The van der Waals surface area contributed by atoms with E-state index in [0.717, 1.165) is 43.1 Å². The number of carbonyl (C=O) groups is 1. The molecule has 0 spiro atoms. The molecular formula is C18H22N4O2. The lowest BCUT2D eigenvalue weighted by molar-refractivity contribution is 0.0941. The zero-order valence-electron chi connectivity index (χ0n) is 13.7. The highest BCUT2D eigenvalue weighted by atomic mass is 16.5. The molecule has 126 valence electrons. The van der Waals surface area contributed by atoms with E-state index in [1.54, 1.807) is 6.07 Å². The first kappa shape index (κ1) is 15.2. The SMILES string of the molecule is O=C(NCc1ccc(N2CCCCC2)nc1)c1cc(C2CC2)on1. The Hall–Kier alpha value is -2.37. The van der Waals surface area contributed by atoms with Crippen molar-refractivity contribution in [3.8, 4) is 0 Å². The number of anilines is 1. The fraction of sp³-hybridized carbons (Fsp3) is 0.500. The summed E-state index contributed by atoms with van der Waals surface area (Å²) in [5, 5.41) is 6.73. The molecule has 2 aliphatic rings. The molecule has 2 aromatic heterocycles. The summed E-state index contributed by atoms with van der Waals surface area (Å²) in [5.74, 6) is 2.11. The Balaban J connectivity index is 1.32. The fourth-order valence-corrected chi connectivity index (χ4v) is 3.06. The summed E-state index contributed by atoms with van der Waals surface area (Å²) in [6.07, 6.45) is 7.88. The Morgan fingerprint density at radius 2 is 2.08 bits per heavy atom. The Bertz CT molecular complexity index is 700. The molecule has 3 heterocycles. The third kappa shape index (κ3) is 3.42. The Morgan fingerprint density at radius 1 is 1.25 bits per heavy atom. The van der Waals surface area contributed by atoms with Gasteiger partial charge in [-0.05, 0) is 43.7 Å². The zero-order chi connectivity index (χ0) is 16.4. The summed E-state index contributed by atoms with van der Waals surface area (Å²) >= 11 is 0. The Morgan fingerprint density at radius 3 is 2.79 bits per heavy atom. The number of carbonyl (C=O) groups excluding carboxylic acids is 1. The van der Waals surface area contributed by atoms with Gasteiger partial charge in [-0.25, -0.2) is 4.98 Å². The minimum atomic E-state index is -0.203. The maximum atomic E-state index is 12.1. The molecule has 2 fully saturated rings. The molecule has 4 rings (SSSR count). The number of nitrogens with one attached hydrogen (secondary N) is 1. The molecule has 1 aliphatic carbocycles. The van der Waals surface area contributed by atoms with E-state index in [1.807, 2.05) is 18.3 Å². The van der Waals surface area contributed by atoms with Crippen molar-refractivity contribution in [1.29, 1.82) is 0 Å². The topological polar surface area (TPSA) is 71.3 Å². The first-order valence-corrected chi connectivity index (χ1v) is 8.74. The van der Waals surface area contributed by atoms with Crippen LogP contribution in [-0.4, -0.2) is 29.1 Å². The first-order valence-electron chi connectivity index (χ1n) is 8.74. The van der Waals surface area contributed by atoms with E-state index >= 15 is 0 Å². The van der Waals surface area contributed by atoms with Gasteiger partial charge in [0.15, 0.2) is 5.69 Å². The molecule has 6 heteroatoms. The molecule has 0 radical (unpaired) electrons. The number of amides is 1. The largest absolute Gasteiger partial charge is 0.360 e. The molecule has 0 aromatic carbocycles. The van der Waals surface area contributed by atoms with Gasteiger partial charge in [-0.3, -0.25) is 4.79 Å². The molecule has 1 amide bonds. The van der Waals surface area contributed by atoms with Crippen LogP contribution in [0.15, 0.2) is 28.9 Å². The predicted molar refractivity (Wildman–Crippen MR) is 89.9 cm³/mol. The van der Waals surface area contributed by atoms with Gasteiger partial charge in [0.25, 0.3) is 5.91 Å². The van der Waals surface area contributed by atoms with Crippen molar-refractivity contribution in [3.05, 3.63) is 41.4 Å². The lowest BCUT2D eigenvalue weighted by atomic mass is 10.1. The van der Waals surface area contributed by atoms with Crippen molar-refractivity contribution in [2.75, 3.05) is 18.0 Å². The molecule has 1 saturated carbocycles. The zero-order valence-corrected chi connectivity index (χ0v) is 13.7. The van der Waals surface area contributed by atoms with Crippen LogP contribution >= 0.6 is 0 Å². The van der Waals surface area contributed by atoms with Crippen LogP contribution in [0.4, 0.5) is 5.82 Å². The van der Waals surface area contributed by atoms with E-state index in [0.29, 0.717) is 18.2 Å². The average molecular weight is 326 g/mol. The number of hydrogen-bond donors (Lipinski definition) is 1. The van der Waals surface area contributed by atoms with E-state index in [9.17, 15) is 4.79 Å². The standard InChI is InChI=1S/C18H22N4O2/c23-18(15-10-16(24-21-15)14-5-6-14)20-12-13-4-7-17(19-11-13)22-8-2-1-3-9-22/h4,7,10-11,14H,1-3,5-6,8-9,12H2,(H,20,23). The molecule has 2 aromatic rings. The van der Waals surface area contributed by atoms with Crippen LogP contribution in [0.25, 0.3) is 0 Å². The van der Waals surface area contributed by atoms with Gasteiger partial charge in [0, 0.05) is 37.8 Å². The molecule has 0 unspecified atom stereocenters. The van der Waals surface area contributed by atoms with Crippen molar-refractivity contribution < 1.29 is 9.32 Å². The highest BCUT2D eigenvalue weighted by Crippen LogP contribution is 2.40. The monoisotopic (exact) mass is 326 g/mol. The van der Waals surface area contributed by atoms with Crippen LogP contribution in [0.5, 0.6) is 0 Å². The van der Waals surface area contributed by atoms with Crippen molar-refractivity contribution in [2.45, 2.75) is 44.6 Å². The highest BCUT2D eigenvalue weighted by molar-refractivity contribution is 5.92. The van der Waals surface area contributed by atoms with Gasteiger partial charge in [0.05, 0.1) is 0 Å². The summed E-state index contributed by atoms with van der Waals surface area (Å²) in [7, 11) is 0. The first-order chi connectivity index (χ1) is 11.8. The molecule has 24 heavy (non-hydrogen) atoms. The summed E-state index contributed by atoms with van der Waals surface area (Å²) in [6, 6.07) is 5.81. The third-order valence-corrected chi connectivity index (χ3v) is 4.68. The maximum absolute atomic E-state index is 12.1. The van der Waals surface area contributed by atoms with E-state index in [-0.39, 0.29) is 5.91 Å². The van der Waals surface area contributed by atoms with E-state index in [4.69, 9.17) is 4.52 Å². The molecule has 1 saturated heterocycles. The van der Waals surface area contributed by atoms with Crippen LogP contribution in [0.3, 0.4) is 0 Å². The summed E-state index contributed by atoms with van der Waals surface area (Å²) in [6.45, 7) is 2.61. The maximum Gasteiger partial charge on any atom is 0.273 e. The molecule has 6 nitrogen and oxygen atoms in total. The second-order valence-corrected chi connectivity index (χ2v) is 6.64. The minimum Gasteiger partial charge on any atom is -0.360 e. The number of rotatable bonds is 5. The molecular weight excluding hydrogens is 304 g/mol. The second-order valence-electron chi connectivity index (χ2n) is 6.64. The summed E-state index contributed by atoms with van der Waals surface area (Å²) in [5.41, 5.74) is 1.34. The number of pyridine rings is 1. The van der Waals surface area contributed by atoms with Gasteiger partial charge in [-0.1, -0.05) is 11.2 Å². The number of piperidine rings is 1. The van der Waals surface area contributed by atoms with Gasteiger partial charge in [0.2, 0.25) is 0 Å². The van der Waals surface area contributed by atoms with Crippen molar-refractivity contribution in [2.24, 2.45) is 0 Å². The molecule has 1 aliphatic heterocycles. The Kier molecular flexibility index (Phi) is 4.19. The number of aromatic nitrogens is 2. The summed E-state index contributed by atoms with van der Waals surface area (Å²) < 4.78 is 5.22. The van der Waals surface area contributed by atoms with Crippen LogP contribution in [0, 0.1) is 0 Å². The lowest BCUT2D eigenvalue weighted by Crippen LogP contribution is -2.30. The van der Waals surface area contributed by atoms with E-state index < -0.39 is 0 Å². The van der Waals surface area contributed by atoms with Gasteiger partial charge >= 0.3 is 0 Å². The lowest BCUT2D eigenvalue weighted by Gasteiger charge is -2.27. The van der Waals surface area contributed by atoms with Gasteiger partial charge in [0.1, 0.15) is 11.6 Å². The highest BCUT2D eigenvalue weighted by Gasteiger charge is 2.28. The van der Waals surface area contributed by atoms with E-state index in [2.05, 4.69) is 20.4 Å².